The molecular weight excluding hydrogens is 218 g/mol. The second kappa shape index (κ2) is 5.29. The highest BCUT2D eigenvalue weighted by atomic mass is 16.5. The van der Waals surface area contributed by atoms with Gasteiger partial charge in [0.05, 0.1) is 12.5 Å². The molecule has 1 fully saturated rings. The zero-order valence-electron chi connectivity index (χ0n) is 9.63. The van der Waals surface area contributed by atoms with Crippen LogP contribution in [0.25, 0.3) is 0 Å². The summed E-state index contributed by atoms with van der Waals surface area (Å²) in [6.07, 6.45) is 2.31. The predicted molar refractivity (Wildman–Crippen MR) is 63.6 cm³/mol. The molecule has 3 N–H and O–H groups in total. The van der Waals surface area contributed by atoms with Crippen molar-refractivity contribution in [1.29, 1.82) is 0 Å². The lowest BCUT2D eigenvalue weighted by Crippen LogP contribution is -2.15. The molecule has 0 saturated carbocycles. The minimum atomic E-state index is -0.874. The van der Waals surface area contributed by atoms with E-state index in [1.165, 1.54) is 0 Å². The molecule has 1 aliphatic rings. The summed E-state index contributed by atoms with van der Waals surface area (Å²) in [6.45, 7) is 0.824. The number of rotatable bonds is 4. The van der Waals surface area contributed by atoms with Gasteiger partial charge in [-0.15, -0.1) is 0 Å². The molecule has 0 radical (unpaired) electrons. The van der Waals surface area contributed by atoms with E-state index in [2.05, 4.69) is 0 Å². The van der Waals surface area contributed by atoms with Gasteiger partial charge < -0.3 is 15.6 Å². The highest BCUT2D eigenvalue weighted by molar-refractivity contribution is 5.67. The molecule has 0 aromatic heterocycles. The molecule has 1 aromatic rings. The van der Waals surface area contributed by atoms with Crippen LogP contribution in [0.15, 0.2) is 24.3 Å². The Hall–Kier alpha value is -1.39. The number of benzene rings is 1. The summed E-state index contributed by atoms with van der Waals surface area (Å²) >= 11 is 0. The summed E-state index contributed by atoms with van der Waals surface area (Å²) in [5.41, 5.74) is 7.79. The van der Waals surface area contributed by atoms with Crippen molar-refractivity contribution in [1.82, 2.24) is 0 Å². The molecule has 0 bridgehead atoms. The van der Waals surface area contributed by atoms with Crippen LogP contribution in [-0.2, 0) is 9.53 Å². The van der Waals surface area contributed by atoms with E-state index < -0.39 is 12.0 Å². The Kier molecular flexibility index (Phi) is 3.76. The molecule has 1 aliphatic heterocycles. The largest absolute Gasteiger partial charge is 0.481 e. The number of carbonyl (C=O) groups is 1. The lowest BCUT2D eigenvalue weighted by Gasteiger charge is -2.13. The molecule has 17 heavy (non-hydrogen) atoms. The Labute approximate surface area is 100 Å². The fourth-order valence-electron chi connectivity index (χ4n) is 2.10. The van der Waals surface area contributed by atoms with Crippen molar-refractivity contribution >= 4 is 5.97 Å². The van der Waals surface area contributed by atoms with Crippen molar-refractivity contribution in [3.05, 3.63) is 35.4 Å². The minimum absolute atomic E-state index is 0.0424. The summed E-state index contributed by atoms with van der Waals surface area (Å²) in [5, 5.41) is 8.67. The van der Waals surface area contributed by atoms with Gasteiger partial charge in [0.1, 0.15) is 0 Å². The molecule has 1 heterocycles. The Balaban J connectivity index is 2.04. The number of hydrogen-bond donors (Lipinski definition) is 2. The van der Waals surface area contributed by atoms with Crippen molar-refractivity contribution in [3.63, 3.8) is 0 Å². The SMILES string of the molecule is NC(CC(=O)O)c1ccc(C2CCCO2)cc1. The van der Waals surface area contributed by atoms with Crippen LogP contribution in [0.5, 0.6) is 0 Å². The van der Waals surface area contributed by atoms with Crippen molar-refractivity contribution in [2.45, 2.75) is 31.4 Å². The molecule has 92 valence electrons. The summed E-state index contributed by atoms with van der Waals surface area (Å²) < 4.78 is 5.58. The van der Waals surface area contributed by atoms with E-state index in [1.54, 1.807) is 0 Å². The lowest BCUT2D eigenvalue weighted by atomic mass is 10.00. The van der Waals surface area contributed by atoms with Crippen LogP contribution in [0.1, 0.15) is 42.5 Å². The summed E-state index contributed by atoms with van der Waals surface area (Å²) in [5.74, 6) is -0.874. The highest BCUT2D eigenvalue weighted by Gasteiger charge is 2.18. The maximum atomic E-state index is 10.6. The molecule has 2 unspecified atom stereocenters. The van der Waals surface area contributed by atoms with Gasteiger partial charge in [-0.25, -0.2) is 0 Å². The van der Waals surface area contributed by atoms with Crippen LogP contribution in [0.3, 0.4) is 0 Å². The van der Waals surface area contributed by atoms with Crippen molar-refractivity contribution in [2.24, 2.45) is 5.73 Å². The number of aliphatic carboxylic acids is 1. The Morgan fingerprint density at radius 3 is 2.71 bits per heavy atom. The second-order valence-corrected chi connectivity index (χ2v) is 4.37. The molecule has 0 amide bonds. The van der Waals surface area contributed by atoms with Gasteiger partial charge in [0.15, 0.2) is 0 Å². The molecule has 4 nitrogen and oxygen atoms in total. The smallest absolute Gasteiger partial charge is 0.305 e. The second-order valence-electron chi connectivity index (χ2n) is 4.37. The van der Waals surface area contributed by atoms with Crippen molar-refractivity contribution < 1.29 is 14.6 Å². The van der Waals surface area contributed by atoms with Gasteiger partial charge in [-0.1, -0.05) is 24.3 Å². The molecule has 4 heteroatoms. The van der Waals surface area contributed by atoms with Gasteiger partial charge in [0, 0.05) is 12.6 Å². The number of ether oxygens (including phenoxy) is 1. The van der Waals surface area contributed by atoms with E-state index in [4.69, 9.17) is 15.6 Å². The van der Waals surface area contributed by atoms with Gasteiger partial charge in [0.2, 0.25) is 0 Å². The third-order valence-corrected chi connectivity index (χ3v) is 3.06. The molecule has 2 rings (SSSR count). The normalized spacial score (nSPS) is 21.4. The Morgan fingerprint density at radius 1 is 1.47 bits per heavy atom. The van der Waals surface area contributed by atoms with Gasteiger partial charge in [-0.3, -0.25) is 4.79 Å². The van der Waals surface area contributed by atoms with E-state index in [0.29, 0.717) is 0 Å². The van der Waals surface area contributed by atoms with E-state index >= 15 is 0 Å². The van der Waals surface area contributed by atoms with Gasteiger partial charge in [-0.2, -0.15) is 0 Å². The molecule has 1 aromatic carbocycles. The lowest BCUT2D eigenvalue weighted by molar-refractivity contribution is -0.137. The van der Waals surface area contributed by atoms with Gasteiger partial charge in [0.25, 0.3) is 0 Å². The summed E-state index contributed by atoms with van der Waals surface area (Å²) in [4.78, 5) is 10.6. The van der Waals surface area contributed by atoms with Crippen molar-refractivity contribution in [2.75, 3.05) is 6.61 Å². The predicted octanol–water partition coefficient (Wildman–Crippen LogP) is 2.01. The molecular formula is C13H17NO3. The highest BCUT2D eigenvalue weighted by Crippen LogP contribution is 2.29. The number of nitrogens with two attached hydrogens (primary N) is 1. The first-order valence-corrected chi connectivity index (χ1v) is 5.85. The number of hydrogen-bond acceptors (Lipinski definition) is 3. The number of carboxylic acids is 1. The zero-order chi connectivity index (χ0) is 12.3. The van der Waals surface area contributed by atoms with Crippen molar-refractivity contribution in [3.8, 4) is 0 Å². The van der Waals surface area contributed by atoms with E-state index in [1.807, 2.05) is 24.3 Å². The first-order valence-electron chi connectivity index (χ1n) is 5.85. The molecule has 1 saturated heterocycles. The zero-order valence-corrected chi connectivity index (χ0v) is 9.63. The maximum Gasteiger partial charge on any atom is 0.305 e. The van der Waals surface area contributed by atoms with Gasteiger partial charge in [-0.05, 0) is 24.0 Å². The third kappa shape index (κ3) is 3.05. The Bertz CT molecular complexity index is 382. The van der Waals surface area contributed by atoms with Crippen LogP contribution in [0, 0.1) is 0 Å². The van der Waals surface area contributed by atoms with Crippen LogP contribution < -0.4 is 5.73 Å². The average molecular weight is 235 g/mol. The fraction of sp³-hybridized carbons (Fsp3) is 0.462. The summed E-state index contributed by atoms with van der Waals surface area (Å²) in [7, 11) is 0. The van der Waals surface area contributed by atoms with Crippen LogP contribution in [0.2, 0.25) is 0 Å². The molecule has 0 aliphatic carbocycles. The minimum Gasteiger partial charge on any atom is -0.481 e. The molecule has 2 atom stereocenters. The Morgan fingerprint density at radius 2 is 2.18 bits per heavy atom. The van der Waals surface area contributed by atoms with Crippen LogP contribution in [-0.4, -0.2) is 17.7 Å². The first-order chi connectivity index (χ1) is 8.16. The third-order valence-electron chi connectivity index (χ3n) is 3.06. The average Bonchev–Trinajstić information content (AvgIpc) is 2.82. The van der Waals surface area contributed by atoms with E-state index in [-0.39, 0.29) is 12.5 Å². The fourth-order valence-corrected chi connectivity index (χ4v) is 2.10. The topological polar surface area (TPSA) is 72.6 Å². The van der Waals surface area contributed by atoms with Crippen LogP contribution >= 0.6 is 0 Å². The van der Waals surface area contributed by atoms with Crippen LogP contribution in [0.4, 0.5) is 0 Å². The van der Waals surface area contributed by atoms with E-state index in [9.17, 15) is 4.79 Å². The number of carboxylic acid groups (broad SMARTS) is 1. The maximum absolute atomic E-state index is 10.6. The first kappa shape index (κ1) is 12.1. The van der Waals surface area contributed by atoms with E-state index in [0.717, 1.165) is 30.6 Å². The summed E-state index contributed by atoms with van der Waals surface area (Å²) in [6, 6.07) is 7.31. The molecule has 0 spiro atoms. The monoisotopic (exact) mass is 235 g/mol. The standard InChI is InChI=1S/C13H17NO3/c14-11(8-13(15)16)9-3-5-10(6-4-9)12-2-1-7-17-12/h3-6,11-12H,1-2,7-8,14H2,(H,15,16). The quantitative estimate of drug-likeness (QED) is 0.837. The van der Waals surface area contributed by atoms with Gasteiger partial charge >= 0.3 is 5.97 Å².